The van der Waals surface area contributed by atoms with Gasteiger partial charge in [-0.2, -0.15) is 5.10 Å². The maximum Gasteiger partial charge on any atom is 0.123 e. The van der Waals surface area contributed by atoms with E-state index in [0.717, 1.165) is 57.8 Å². The number of halogens is 1. The van der Waals surface area contributed by atoms with Crippen LogP contribution in [0.4, 0.5) is 5.69 Å². The number of aliphatic imine (C=N–C) groups is 1. The van der Waals surface area contributed by atoms with Crippen LogP contribution in [-0.2, 0) is 7.05 Å². The Morgan fingerprint density at radius 2 is 2.23 bits per heavy atom. The van der Waals surface area contributed by atoms with Crippen molar-refractivity contribution in [2.24, 2.45) is 12.0 Å². The quantitative estimate of drug-likeness (QED) is 0.615. The number of nitrogens with one attached hydrogen (secondary N) is 2. The van der Waals surface area contributed by atoms with Crippen LogP contribution >= 0.6 is 15.9 Å². The van der Waals surface area contributed by atoms with Gasteiger partial charge in [-0.25, -0.2) is 4.99 Å². The van der Waals surface area contributed by atoms with Crippen LogP contribution in [0.5, 0.6) is 5.75 Å². The van der Waals surface area contributed by atoms with Gasteiger partial charge in [0.25, 0.3) is 0 Å². The predicted octanol–water partition coefficient (Wildman–Crippen LogP) is 4.95. The van der Waals surface area contributed by atoms with E-state index in [1.165, 1.54) is 0 Å². The van der Waals surface area contributed by atoms with Gasteiger partial charge in [0, 0.05) is 41.6 Å². The van der Waals surface area contributed by atoms with Gasteiger partial charge in [0.15, 0.2) is 0 Å². The summed E-state index contributed by atoms with van der Waals surface area (Å²) in [5, 5.41) is 11.0. The van der Waals surface area contributed by atoms with Gasteiger partial charge in [-0.3, -0.25) is 4.68 Å². The summed E-state index contributed by atoms with van der Waals surface area (Å²) in [5.41, 5.74) is 4.83. The number of anilines is 1. The molecule has 4 rings (SSSR count). The highest BCUT2D eigenvalue weighted by Gasteiger charge is 2.17. The van der Waals surface area contributed by atoms with Crippen molar-refractivity contribution in [3.05, 3.63) is 77.4 Å². The molecule has 1 aliphatic carbocycles. The van der Waals surface area contributed by atoms with Gasteiger partial charge in [-0.1, -0.05) is 28.6 Å². The number of rotatable bonds is 6. The molecule has 2 aliphatic rings. The van der Waals surface area contributed by atoms with Gasteiger partial charge in [-0.15, -0.1) is 0 Å². The topological polar surface area (TPSA) is 63.5 Å². The minimum absolute atomic E-state index is 0.176. The molecular formula is C24H26BrN5O. The average Bonchev–Trinajstić information content (AvgIpc) is 3.41. The lowest BCUT2D eigenvalue weighted by Gasteiger charge is -2.16. The number of benzene rings is 1. The highest BCUT2D eigenvalue weighted by molar-refractivity contribution is 9.11. The molecule has 160 valence electrons. The maximum absolute atomic E-state index is 6.23. The van der Waals surface area contributed by atoms with Crippen molar-refractivity contribution in [2.75, 3.05) is 18.4 Å². The fourth-order valence-electron chi connectivity index (χ4n) is 3.60. The lowest BCUT2D eigenvalue weighted by Crippen LogP contribution is -2.19. The predicted molar refractivity (Wildman–Crippen MR) is 131 cm³/mol. The minimum atomic E-state index is 0.176. The molecular weight excluding hydrogens is 454 g/mol. The number of hydrogen-bond donors (Lipinski definition) is 2. The molecule has 6 nitrogen and oxygen atoms in total. The van der Waals surface area contributed by atoms with E-state index in [9.17, 15) is 0 Å². The van der Waals surface area contributed by atoms with Crippen LogP contribution in [0.3, 0.4) is 0 Å². The molecule has 0 amide bonds. The fraction of sp³-hybridized carbons (Fsp3) is 0.250. The lowest BCUT2D eigenvalue weighted by atomic mass is 10.1. The van der Waals surface area contributed by atoms with Crippen molar-refractivity contribution in [3.63, 3.8) is 0 Å². The molecule has 2 N–H and O–H groups in total. The van der Waals surface area contributed by atoms with Gasteiger partial charge in [0.05, 0.1) is 11.9 Å². The Morgan fingerprint density at radius 3 is 2.94 bits per heavy atom. The molecule has 1 aromatic heterocycles. The zero-order chi connectivity index (χ0) is 21.8. The SMILES string of the molecule is C=C(/N=C1/C=CC(Br)=C/C1=C/C)Nc1cc(O[C@H]2CCNC2)cc(-c2cnn(C)c2)c1. The van der Waals surface area contributed by atoms with Crippen LogP contribution in [0.15, 0.2) is 82.3 Å². The zero-order valence-corrected chi connectivity index (χ0v) is 19.3. The average molecular weight is 480 g/mol. The summed E-state index contributed by atoms with van der Waals surface area (Å²) < 4.78 is 9.05. The maximum atomic E-state index is 6.23. The number of aromatic nitrogens is 2. The molecule has 0 unspecified atom stereocenters. The summed E-state index contributed by atoms with van der Waals surface area (Å²) >= 11 is 3.51. The Balaban J connectivity index is 1.59. The standard InChI is InChI=1S/C24H26BrN5O/c1-4-17-9-20(25)5-6-24(17)29-16(2)28-21-10-18(19-13-27-30(3)15-19)11-23(12-21)31-22-7-8-26-14-22/h4-6,9-13,15,22,26,28H,2,7-8,14H2,1,3H3/b17-4-,29-24-/t22-/m0/s1. The molecule has 31 heavy (non-hydrogen) atoms. The summed E-state index contributed by atoms with van der Waals surface area (Å²) in [4.78, 5) is 4.68. The molecule has 7 heteroatoms. The number of nitrogens with zero attached hydrogens (tertiary/aromatic N) is 3. The minimum Gasteiger partial charge on any atom is -0.489 e. The third kappa shape index (κ3) is 5.42. The summed E-state index contributed by atoms with van der Waals surface area (Å²) in [6.45, 7) is 7.95. The molecule has 1 saturated heterocycles. The summed E-state index contributed by atoms with van der Waals surface area (Å²) in [6.07, 6.45) is 13.0. The molecule has 0 radical (unpaired) electrons. The largest absolute Gasteiger partial charge is 0.489 e. The second-order valence-corrected chi connectivity index (χ2v) is 8.47. The van der Waals surface area contributed by atoms with E-state index in [-0.39, 0.29) is 6.10 Å². The van der Waals surface area contributed by atoms with Gasteiger partial charge in [0.1, 0.15) is 17.7 Å². The second kappa shape index (κ2) is 9.49. The van der Waals surface area contributed by atoms with Crippen LogP contribution < -0.4 is 15.4 Å². The van der Waals surface area contributed by atoms with E-state index in [2.05, 4.69) is 55.4 Å². The van der Waals surface area contributed by atoms with E-state index >= 15 is 0 Å². The summed E-state index contributed by atoms with van der Waals surface area (Å²) in [6, 6.07) is 6.11. The first-order valence-electron chi connectivity index (χ1n) is 10.3. The van der Waals surface area contributed by atoms with E-state index in [1.54, 1.807) is 4.68 Å². The Labute approximate surface area is 191 Å². The van der Waals surface area contributed by atoms with Crippen LogP contribution in [0.1, 0.15) is 13.3 Å². The molecule has 0 spiro atoms. The first-order valence-corrected chi connectivity index (χ1v) is 11.1. The Bertz CT molecular complexity index is 1100. The molecule has 0 saturated carbocycles. The number of ether oxygens (including phenoxy) is 1. The molecule has 1 atom stereocenters. The number of allylic oxidation sites excluding steroid dienone is 6. The summed E-state index contributed by atoms with van der Waals surface area (Å²) in [5.74, 6) is 1.37. The van der Waals surface area contributed by atoms with E-state index in [1.807, 2.05) is 56.7 Å². The molecule has 2 heterocycles. The monoisotopic (exact) mass is 479 g/mol. The Morgan fingerprint density at radius 1 is 1.35 bits per heavy atom. The molecule has 1 fully saturated rings. The smallest absolute Gasteiger partial charge is 0.123 e. The molecule has 1 aromatic carbocycles. The first kappa shape index (κ1) is 21.3. The van der Waals surface area contributed by atoms with Crippen LogP contribution in [0.25, 0.3) is 11.1 Å². The van der Waals surface area contributed by atoms with Crippen molar-refractivity contribution in [3.8, 4) is 16.9 Å². The van der Waals surface area contributed by atoms with Gasteiger partial charge >= 0.3 is 0 Å². The molecule has 1 aliphatic heterocycles. The van der Waals surface area contributed by atoms with E-state index in [0.29, 0.717) is 5.82 Å². The number of hydrogen-bond acceptors (Lipinski definition) is 5. The van der Waals surface area contributed by atoms with E-state index in [4.69, 9.17) is 4.74 Å². The zero-order valence-electron chi connectivity index (χ0n) is 17.7. The van der Waals surface area contributed by atoms with Gasteiger partial charge in [-0.05, 0) is 61.4 Å². The van der Waals surface area contributed by atoms with Gasteiger partial charge in [0.2, 0.25) is 0 Å². The lowest BCUT2D eigenvalue weighted by molar-refractivity contribution is 0.223. The molecule has 2 aromatic rings. The van der Waals surface area contributed by atoms with Gasteiger partial charge < -0.3 is 15.4 Å². The van der Waals surface area contributed by atoms with Crippen LogP contribution in [-0.4, -0.2) is 34.7 Å². The van der Waals surface area contributed by atoms with Crippen molar-refractivity contribution >= 4 is 27.3 Å². The van der Waals surface area contributed by atoms with Crippen LogP contribution in [0, 0.1) is 0 Å². The van der Waals surface area contributed by atoms with Crippen molar-refractivity contribution in [2.45, 2.75) is 19.4 Å². The Hall–Kier alpha value is -2.90. The fourth-order valence-corrected chi connectivity index (χ4v) is 3.97. The third-order valence-electron chi connectivity index (χ3n) is 5.11. The Kier molecular flexibility index (Phi) is 6.53. The first-order chi connectivity index (χ1) is 15.0. The van der Waals surface area contributed by atoms with Crippen molar-refractivity contribution in [1.82, 2.24) is 15.1 Å². The van der Waals surface area contributed by atoms with Crippen molar-refractivity contribution in [1.29, 1.82) is 0 Å². The third-order valence-corrected chi connectivity index (χ3v) is 5.60. The highest BCUT2D eigenvalue weighted by atomic mass is 79.9. The highest BCUT2D eigenvalue weighted by Crippen LogP contribution is 2.30. The molecule has 0 bridgehead atoms. The number of aryl methyl sites for hydroxylation is 1. The van der Waals surface area contributed by atoms with E-state index < -0.39 is 0 Å². The van der Waals surface area contributed by atoms with Crippen molar-refractivity contribution < 1.29 is 4.74 Å². The summed E-state index contributed by atoms with van der Waals surface area (Å²) in [7, 11) is 1.91. The second-order valence-electron chi connectivity index (χ2n) is 7.56. The van der Waals surface area contributed by atoms with Crippen LogP contribution in [0.2, 0.25) is 0 Å². The normalized spacial score (nSPS) is 20.9.